The third-order valence-corrected chi connectivity index (χ3v) is 4.11. The lowest BCUT2D eigenvalue weighted by atomic mass is 10.1. The highest BCUT2D eigenvalue weighted by Crippen LogP contribution is 2.22. The number of nitrogens with one attached hydrogen (secondary N) is 1. The molecular formula is C21H25NO4. The second-order valence-electron chi connectivity index (χ2n) is 6.18. The Balaban J connectivity index is 1.85. The van der Waals surface area contributed by atoms with Crippen LogP contribution in [0.5, 0.6) is 5.75 Å². The third-order valence-electron chi connectivity index (χ3n) is 4.11. The summed E-state index contributed by atoms with van der Waals surface area (Å²) >= 11 is 0. The van der Waals surface area contributed by atoms with Crippen molar-refractivity contribution in [1.82, 2.24) is 0 Å². The second-order valence-corrected chi connectivity index (χ2v) is 6.18. The molecule has 1 N–H and O–H groups in total. The first-order valence-corrected chi connectivity index (χ1v) is 8.65. The Morgan fingerprint density at radius 2 is 1.54 bits per heavy atom. The molecule has 0 saturated carbocycles. The number of carbonyl (C=O) groups excluding carboxylic acids is 2. The average molecular weight is 355 g/mol. The van der Waals surface area contributed by atoms with Crippen LogP contribution in [0.25, 0.3) is 0 Å². The maximum Gasteiger partial charge on any atom is 0.344 e. The molecule has 0 spiro atoms. The van der Waals surface area contributed by atoms with Gasteiger partial charge in [0.15, 0.2) is 13.2 Å². The minimum Gasteiger partial charge on any atom is -0.481 e. The van der Waals surface area contributed by atoms with Gasteiger partial charge in [0.05, 0.1) is 0 Å². The summed E-state index contributed by atoms with van der Waals surface area (Å²) < 4.78 is 10.5. The lowest BCUT2D eigenvalue weighted by molar-refractivity contribution is -0.149. The number of hydrogen-bond donors (Lipinski definition) is 1. The molecule has 0 aliphatic carbocycles. The van der Waals surface area contributed by atoms with Crippen LogP contribution in [0.3, 0.4) is 0 Å². The van der Waals surface area contributed by atoms with E-state index in [2.05, 4.69) is 5.32 Å². The number of amides is 1. The van der Waals surface area contributed by atoms with Gasteiger partial charge >= 0.3 is 5.97 Å². The Morgan fingerprint density at radius 1 is 0.923 bits per heavy atom. The molecule has 0 bridgehead atoms. The highest BCUT2D eigenvalue weighted by Gasteiger charge is 2.13. The van der Waals surface area contributed by atoms with Crippen LogP contribution >= 0.6 is 0 Å². The van der Waals surface area contributed by atoms with E-state index < -0.39 is 5.97 Å². The molecule has 0 unspecified atom stereocenters. The van der Waals surface area contributed by atoms with Gasteiger partial charge in [-0.05, 0) is 49.4 Å². The standard InChI is InChI=1S/C21H25NO4/c1-5-17-11-7-8-14(2)20(17)22-18(23)12-25-19(24)13-26-21-15(3)9-6-10-16(21)4/h6-11H,5,12-13H2,1-4H3,(H,22,23). The van der Waals surface area contributed by atoms with Crippen LogP contribution in [0.1, 0.15) is 29.2 Å². The molecule has 0 radical (unpaired) electrons. The summed E-state index contributed by atoms with van der Waals surface area (Å²) in [6, 6.07) is 11.6. The fourth-order valence-corrected chi connectivity index (χ4v) is 2.72. The molecule has 5 nitrogen and oxygen atoms in total. The highest BCUT2D eigenvalue weighted by molar-refractivity contribution is 5.94. The Bertz CT molecular complexity index is 778. The fourth-order valence-electron chi connectivity index (χ4n) is 2.72. The molecule has 5 heteroatoms. The van der Waals surface area contributed by atoms with Crippen molar-refractivity contribution in [3.8, 4) is 5.75 Å². The monoisotopic (exact) mass is 355 g/mol. The summed E-state index contributed by atoms with van der Waals surface area (Å²) in [7, 11) is 0. The van der Waals surface area contributed by atoms with Gasteiger partial charge in [0, 0.05) is 5.69 Å². The summed E-state index contributed by atoms with van der Waals surface area (Å²) in [6.07, 6.45) is 0.806. The largest absolute Gasteiger partial charge is 0.481 e. The van der Waals surface area contributed by atoms with Gasteiger partial charge < -0.3 is 14.8 Å². The molecule has 138 valence electrons. The lowest BCUT2D eigenvalue weighted by Crippen LogP contribution is -2.24. The quantitative estimate of drug-likeness (QED) is 0.769. The predicted molar refractivity (Wildman–Crippen MR) is 102 cm³/mol. The number of para-hydroxylation sites is 2. The molecule has 26 heavy (non-hydrogen) atoms. The first-order chi connectivity index (χ1) is 12.4. The smallest absolute Gasteiger partial charge is 0.344 e. The Morgan fingerprint density at radius 3 is 2.19 bits per heavy atom. The Kier molecular flexibility index (Phi) is 6.78. The van der Waals surface area contributed by atoms with E-state index in [4.69, 9.17) is 9.47 Å². The van der Waals surface area contributed by atoms with Gasteiger partial charge in [-0.15, -0.1) is 0 Å². The summed E-state index contributed by atoms with van der Waals surface area (Å²) in [5, 5.41) is 2.82. The predicted octanol–water partition coefficient (Wildman–Crippen LogP) is 3.73. The van der Waals surface area contributed by atoms with Crippen molar-refractivity contribution in [2.45, 2.75) is 34.1 Å². The van der Waals surface area contributed by atoms with E-state index in [1.54, 1.807) is 0 Å². The molecule has 0 fully saturated rings. The van der Waals surface area contributed by atoms with E-state index in [0.29, 0.717) is 5.75 Å². The number of anilines is 1. The minimum atomic E-state index is -0.580. The zero-order valence-corrected chi connectivity index (χ0v) is 15.7. The summed E-state index contributed by atoms with van der Waals surface area (Å²) in [6.45, 7) is 7.20. The molecule has 2 rings (SSSR count). The Labute approximate surface area is 154 Å². The van der Waals surface area contributed by atoms with Gasteiger partial charge in [-0.3, -0.25) is 4.79 Å². The van der Waals surface area contributed by atoms with Crippen molar-refractivity contribution in [1.29, 1.82) is 0 Å². The topological polar surface area (TPSA) is 64.6 Å². The van der Waals surface area contributed by atoms with E-state index in [-0.39, 0.29) is 19.1 Å². The van der Waals surface area contributed by atoms with Crippen LogP contribution in [0, 0.1) is 20.8 Å². The number of esters is 1. The van der Waals surface area contributed by atoms with Crippen molar-refractivity contribution in [3.05, 3.63) is 58.7 Å². The van der Waals surface area contributed by atoms with Crippen LogP contribution in [0.4, 0.5) is 5.69 Å². The first kappa shape index (κ1) is 19.5. The number of rotatable bonds is 7. The van der Waals surface area contributed by atoms with Crippen LogP contribution in [-0.2, 0) is 20.7 Å². The van der Waals surface area contributed by atoms with Gasteiger partial charge in [0.25, 0.3) is 5.91 Å². The van der Waals surface area contributed by atoms with Crippen molar-refractivity contribution in [2.24, 2.45) is 0 Å². The van der Waals surface area contributed by atoms with E-state index in [0.717, 1.165) is 34.4 Å². The van der Waals surface area contributed by atoms with Gasteiger partial charge in [-0.25, -0.2) is 4.79 Å². The normalized spacial score (nSPS) is 10.3. The molecule has 2 aromatic rings. The first-order valence-electron chi connectivity index (χ1n) is 8.65. The van der Waals surface area contributed by atoms with E-state index in [1.165, 1.54) is 0 Å². The molecule has 0 aliphatic rings. The molecule has 0 atom stereocenters. The van der Waals surface area contributed by atoms with Crippen molar-refractivity contribution >= 4 is 17.6 Å². The molecule has 0 aliphatic heterocycles. The maximum atomic E-state index is 12.1. The van der Waals surface area contributed by atoms with Crippen LogP contribution < -0.4 is 10.1 Å². The molecule has 0 aromatic heterocycles. The van der Waals surface area contributed by atoms with Crippen LogP contribution in [-0.4, -0.2) is 25.1 Å². The van der Waals surface area contributed by atoms with Gasteiger partial charge in [-0.1, -0.05) is 43.3 Å². The zero-order chi connectivity index (χ0) is 19.1. The molecule has 1 amide bonds. The molecule has 0 heterocycles. The van der Waals surface area contributed by atoms with Crippen molar-refractivity contribution in [3.63, 3.8) is 0 Å². The zero-order valence-electron chi connectivity index (χ0n) is 15.7. The fraction of sp³-hybridized carbons (Fsp3) is 0.333. The van der Waals surface area contributed by atoms with E-state index >= 15 is 0 Å². The van der Waals surface area contributed by atoms with Crippen LogP contribution in [0.15, 0.2) is 36.4 Å². The molecule has 2 aromatic carbocycles. The lowest BCUT2D eigenvalue weighted by Gasteiger charge is -2.14. The minimum absolute atomic E-state index is 0.233. The number of ether oxygens (including phenoxy) is 2. The van der Waals surface area contributed by atoms with Crippen molar-refractivity contribution < 1.29 is 19.1 Å². The van der Waals surface area contributed by atoms with Gasteiger partial charge in [0.2, 0.25) is 0 Å². The highest BCUT2D eigenvalue weighted by atomic mass is 16.6. The van der Waals surface area contributed by atoms with Crippen LogP contribution in [0.2, 0.25) is 0 Å². The summed E-state index contributed by atoms with van der Waals surface area (Å²) in [5.74, 6) is -0.279. The third kappa shape index (κ3) is 5.09. The summed E-state index contributed by atoms with van der Waals surface area (Å²) in [4.78, 5) is 23.9. The maximum absolute atomic E-state index is 12.1. The summed E-state index contributed by atoms with van der Waals surface area (Å²) in [5.41, 5.74) is 4.69. The van der Waals surface area contributed by atoms with E-state index in [1.807, 2.05) is 64.1 Å². The SMILES string of the molecule is CCc1cccc(C)c1NC(=O)COC(=O)COc1c(C)cccc1C. The van der Waals surface area contributed by atoms with Gasteiger partial charge in [0.1, 0.15) is 5.75 Å². The average Bonchev–Trinajstić information content (AvgIpc) is 2.61. The van der Waals surface area contributed by atoms with Gasteiger partial charge in [-0.2, -0.15) is 0 Å². The number of aryl methyl sites for hydroxylation is 4. The number of hydrogen-bond acceptors (Lipinski definition) is 4. The van der Waals surface area contributed by atoms with E-state index in [9.17, 15) is 9.59 Å². The molecular weight excluding hydrogens is 330 g/mol. The molecule has 0 saturated heterocycles. The van der Waals surface area contributed by atoms with Crippen molar-refractivity contribution in [2.75, 3.05) is 18.5 Å². The number of benzene rings is 2. The number of carbonyl (C=O) groups is 2. The second kappa shape index (κ2) is 9.04. The Hall–Kier alpha value is -2.82.